The molecule has 1 saturated heterocycles. The maximum Gasteiger partial charge on any atom is 0.155 e. The Labute approximate surface area is 112 Å². The van der Waals surface area contributed by atoms with E-state index in [0.717, 1.165) is 51.4 Å². The molecule has 1 fully saturated rings. The summed E-state index contributed by atoms with van der Waals surface area (Å²) < 4.78 is 5.37. The zero-order chi connectivity index (χ0) is 13.6. The van der Waals surface area contributed by atoms with Crippen LogP contribution in [0, 0.1) is 11.3 Å². The Morgan fingerprint density at radius 1 is 1.33 bits per heavy atom. The number of ether oxygens (including phenoxy) is 1. The van der Waals surface area contributed by atoms with Crippen LogP contribution in [0.3, 0.4) is 0 Å². The number of Topliss-reactive ketones (excluding diaryl/α,β-unsaturated/α-hetero) is 1. The van der Waals surface area contributed by atoms with Gasteiger partial charge in [0.1, 0.15) is 0 Å². The lowest BCUT2D eigenvalue weighted by Gasteiger charge is -2.28. The molecule has 1 unspecified atom stereocenters. The van der Waals surface area contributed by atoms with Gasteiger partial charge in [-0.1, -0.05) is 27.7 Å². The molecule has 106 valence electrons. The molecule has 0 saturated carbocycles. The minimum atomic E-state index is -0.248. The Morgan fingerprint density at radius 3 is 2.44 bits per heavy atom. The first-order chi connectivity index (χ1) is 8.45. The standard InChI is InChI=1S/C15H29NO2/c1-5-16-13(14(17)15(2,3)4)7-6-12-8-10-18-11-9-12/h12-13,16H,5-11H2,1-4H3. The van der Waals surface area contributed by atoms with Crippen LogP contribution in [0.25, 0.3) is 0 Å². The van der Waals surface area contributed by atoms with Crippen molar-refractivity contribution >= 4 is 5.78 Å². The molecule has 1 aliphatic rings. The highest BCUT2D eigenvalue weighted by atomic mass is 16.5. The van der Waals surface area contributed by atoms with E-state index >= 15 is 0 Å². The molecular weight excluding hydrogens is 226 g/mol. The second-order valence-electron chi connectivity index (χ2n) is 6.36. The zero-order valence-corrected chi connectivity index (χ0v) is 12.4. The number of hydrogen-bond donors (Lipinski definition) is 1. The van der Waals surface area contributed by atoms with Crippen molar-refractivity contribution in [2.24, 2.45) is 11.3 Å². The molecule has 0 aliphatic carbocycles. The monoisotopic (exact) mass is 255 g/mol. The maximum atomic E-state index is 12.3. The average Bonchev–Trinajstić information content (AvgIpc) is 2.34. The van der Waals surface area contributed by atoms with Gasteiger partial charge in [-0.2, -0.15) is 0 Å². The van der Waals surface area contributed by atoms with Crippen LogP contribution in [0.15, 0.2) is 0 Å². The molecule has 3 nitrogen and oxygen atoms in total. The average molecular weight is 255 g/mol. The van der Waals surface area contributed by atoms with Crippen LogP contribution in [0.1, 0.15) is 53.4 Å². The minimum Gasteiger partial charge on any atom is -0.381 e. The van der Waals surface area contributed by atoms with Crippen LogP contribution in [0.4, 0.5) is 0 Å². The quantitative estimate of drug-likeness (QED) is 0.793. The second-order valence-corrected chi connectivity index (χ2v) is 6.36. The number of ketones is 1. The Bertz CT molecular complexity index is 252. The molecule has 0 spiro atoms. The van der Waals surface area contributed by atoms with E-state index in [2.05, 4.69) is 12.2 Å². The summed E-state index contributed by atoms with van der Waals surface area (Å²) in [6.45, 7) is 10.7. The van der Waals surface area contributed by atoms with Crippen molar-refractivity contribution in [2.45, 2.75) is 59.4 Å². The van der Waals surface area contributed by atoms with Crippen LogP contribution in [0.2, 0.25) is 0 Å². The molecule has 1 atom stereocenters. The van der Waals surface area contributed by atoms with Gasteiger partial charge < -0.3 is 10.1 Å². The van der Waals surface area contributed by atoms with Gasteiger partial charge in [-0.15, -0.1) is 0 Å². The summed E-state index contributed by atoms with van der Waals surface area (Å²) in [5.41, 5.74) is -0.248. The molecule has 18 heavy (non-hydrogen) atoms. The predicted octanol–water partition coefficient (Wildman–Crippen LogP) is 2.79. The summed E-state index contributed by atoms with van der Waals surface area (Å²) in [7, 11) is 0. The van der Waals surface area contributed by atoms with Gasteiger partial charge in [0.25, 0.3) is 0 Å². The molecule has 0 aromatic heterocycles. The highest BCUT2D eigenvalue weighted by Gasteiger charge is 2.29. The molecular formula is C15H29NO2. The van der Waals surface area contributed by atoms with E-state index < -0.39 is 0 Å². The summed E-state index contributed by atoms with van der Waals surface area (Å²) >= 11 is 0. The molecule has 1 N–H and O–H groups in total. The van der Waals surface area contributed by atoms with E-state index in [0.29, 0.717) is 5.78 Å². The van der Waals surface area contributed by atoms with E-state index in [-0.39, 0.29) is 11.5 Å². The fourth-order valence-corrected chi connectivity index (χ4v) is 2.53. The van der Waals surface area contributed by atoms with Crippen molar-refractivity contribution < 1.29 is 9.53 Å². The van der Waals surface area contributed by atoms with Gasteiger partial charge in [0, 0.05) is 18.6 Å². The van der Waals surface area contributed by atoms with Crippen molar-refractivity contribution in [3.8, 4) is 0 Å². The largest absolute Gasteiger partial charge is 0.381 e. The van der Waals surface area contributed by atoms with Crippen LogP contribution in [0.5, 0.6) is 0 Å². The smallest absolute Gasteiger partial charge is 0.155 e. The van der Waals surface area contributed by atoms with E-state index in [1.807, 2.05) is 20.8 Å². The third-order valence-electron chi connectivity index (χ3n) is 3.71. The van der Waals surface area contributed by atoms with Crippen molar-refractivity contribution in [1.29, 1.82) is 0 Å². The van der Waals surface area contributed by atoms with Gasteiger partial charge in [-0.3, -0.25) is 4.79 Å². The summed E-state index contributed by atoms with van der Waals surface area (Å²) in [6, 6.07) is 0.0258. The van der Waals surface area contributed by atoms with E-state index in [9.17, 15) is 4.79 Å². The van der Waals surface area contributed by atoms with Crippen molar-refractivity contribution in [3.63, 3.8) is 0 Å². The Hall–Kier alpha value is -0.410. The summed E-state index contributed by atoms with van der Waals surface area (Å²) in [6.07, 6.45) is 4.42. The summed E-state index contributed by atoms with van der Waals surface area (Å²) in [5, 5.41) is 3.35. The first kappa shape index (κ1) is 15.6. The lowest BCUT2D eigenvalue weighted by molar-refractivity contribution is -0.128. The van der Waals surface area contributed by atoms with Crippen molar-refractivity contribution in [3.05, 3.63) is 0 Å². The molecule has 0 radical (unpaired) electrons. The SMILES string of the molecule is CCNC(CCC1CCOCC1)C(=O)C(C)(C)C. The van der Waals surface area contributed by atoms with E-state index in [1.54, 1.807) is 0 Å². The summed E-state index contributed by atoms with van der Waals surface area (Å²) in [5.74, 6) is 1.09. The lowest BCUT2D eigenvalue weighted by atomic mass is 9.83. The highest BCUT2D eigenvalue weighted by Crippen LogP contribution is 2.24. The Kier molecular flexibility index (Phi) is 6.30. The topological polar surface area (TPSA) is 38.3 Å². The first-order valence-corrected chi connectivity index (χ1v) is 7.30. The Morgan fingerprint density at radius 2 is 1.94 bits per heavy atom. The number of likely N-dealkylation sites (N-methyl/N-ethyl adjacent to an activating group) is 1. The fraction of sp³-hybridized carbons (Fsp3) is 0.933. The molecule has 1 aliphatic heterocycles. The van der Waals surface area contributed by atoms with Gasteiger partial charge >= 0.3 is 0 Å². The molecule has 0 bridgehead atoms. The highest BCUT2D eigenvalue weighted by molar-refractivity contribution is 5.88. The third kappa shape index (κ3) is 5.07. The van der Waals surface area contributed by atoms with Crippen LogP contribution in [-0.2, 0) is 9.53 Å². The maximum absolute atomic E-state index is 12.3. The Balaban J connectivity index is 2.44. The van der Waals surface area contributed by atoms with Crippen molar-refractivity contribution in [1.82, 2.24) is 5.32 Å². The molecule has 1 heterocycles. The fourth-order valence-electron chi connectivity index (χ4n) is 2.53. The third-order valence-corrected chi connectivity index (χ3v) is 3.71. The number of rotatable bonds is 6. The van der Waals surface area contributed by atoms with Gasteiger partial charge in [0.2, 0.25) is 0 Å². The molecule has 0 aromatic carbocycles. The lowest BCUT2D eigenvalue weighted by Crippen LogP contribution is -2.43. The van der Waals surface area contributed by atoms with Gasteiger partial charge in [-0.05, 0) is 38.1 Å². The second kappa shape index (κ2) is 7.25. The van der Waals surface area contributed by atoms with E-state index in [1.165, 1.54) is 0 Å². The summed E-state index contributed by atoms with van der Waals surface area (Å²) in [4.78, 5) is 12.3. The van der Waals surface area contributed by atoms with Crippen LogP contribution < -0.4 is 5.32 Å². The predicted molar refractivity (Wildman–Crippen MR) is 74.7 cm³/mol. The minimum absolute atomic E-state index is 0.0258. The molecule has 1 rings (SSSR count). The normalized spacial score (nSPS) is 19.8. The van der Waals surface area contributed by atoms with Crippen molar-refractivity contribution in [2.75, 3.05) is 19.8 Å². The first-order valence-electron chi connectivity index (χ1n) is 7.30. The molecule has 0 amide bonds. The van der Waals surface area contributed by atoms with Crippen LogP contribution >= 0.6 is 0 Å². The molecule has 0 aromatic rings. The molecule has 3 heteroatoms. The van der Waals surface area contributed by atoms with E-state index in [4.69, 9.17) is 4.74 Å². The van der Waals surface area contributed by atoms with Gasteiger partial charge in [0.05, 0.1) is 6.04 Å². The van der Waals surface area contributed by atoms with Gasteiger partial charge in [0.15, 0.2) is 5.78 Å². The number of nitrogens with one attached hydrogen (secondary N) is 1. The number of carbonyl (C=O) groups is 1. The van der Waals surface area contributed by atoms with Crippen LogP contribution in [-0.4, -0.2) is 31.6 Å². The van der Waals surface area contributed by atoms with Gasteiger partial charge in [-0.25, -0.2) is 0 Å². The number of carbonyl (C=O) groups excluding carboxylic acids is 1. The number of hydrogen-bond acceptors (Lipinski definition) is 3. The zero-order valence-electron chi connectivity index (χ0n) is 12.4.